The summed E-state index contributed by atoms with van der Waals surface area (Å²) in [4.78, 5) is 4.42. The Morgan fingerprint density at radius 1 is 0.926 bits per heavy atom. The summed E-state index contributed by atoms with van der Waals surface area (Å²) in [5.41, 5.74) is 5.85. The van der Waals surface area contributed by atoms with E-state index in [4.69, 9.17) is 4.42 Å². The van der Waals surface area contributed by atoms with E-state index >= 15 is 0 Å². The molecule has 1 N–H and O–H groups in total. The number of aromatic nitrogens is 1. The average Bonchev–Trinajstić information content (AvgIpc) is 3.13. The summed E-state index contributed by atoms with van der Waals surface area (Å²) < 4.78 is 5.61. The molecule has 27 heavy (non-hydrogen) atoms. The summed E-state index contributed by atoms with van der Waals surface area (Å²) in [5, 5.41) is 10.6. The van der Waals surface area contributed by atoms with Crippen LogP contribution in [0, 0.1) is 5.92 Å². The second kappa shape index (κ2) is 8.16. The number of hydrogen-bond acceptors (Lipinski definition) is 3. The highest BCUT2D eigenvalue weighted by Crippen LogP contribution is 2.39. The van der Waals surface area contributed by atoms with E-state index in [9.17, 15) is 5.11 Å². The monoisotopic (exact) mass is 365 g/mol. The van der Waals surface area contributed by atoms with Crippen molar-refractivity contribution in [3.05, 3.63) is 47.9 Å². The molecule has 1 aromatic heterocycles. The molecule has 0 radical (unpaired) electrons. The Morgan fingerprint density at radius 2 is 1.67 bits per heavy atom. The molecule has 3 nitrogen and oxygen atoms in total. The van der Waals surface area contributed by atoms with E-state index in [1.807, 2.05) is 12.1 Å². The van der Waals surface area contributed by atoms with Crippen LogP contribution in [0.4, 0.5) is 0 Å². The van der Waals surface area contributed by atoms with Crippen LogP contribution in [0.3, 0.4) is 0 Å². The van der Waals surface area contributed by atoms with Crippen LogP contribution in [-0.4, -0.2) is 10.1 Å². The molecular weight excluding hydrogens is 334 g/mol. The number of benzene rings is 2. The van der Waals surface area contributed by atoms with Crippen LogP contribution in [-0.2, 0) is 0 Å². The molecule has 3 aromatic rings. The summed E-state index contributed by atoms with van der Waals surface area (Å²) >= 11 is 0. The fraction of sp³-hybridized carbons (Fsp3) is 0.458. The van der Waals surface area contributed by atoms with E-state index in [-0.39, 0.29) is 0 Å². The van der Waals surface area contributed by atoms with Gasteiger partial charge in [0, 0.05) is 11.1 Å². The molecule has 3 rings (SSSR count). The lowest BCUT2D eigenvalue weighted by Gasteiger charge is -2.17. The summed E-state index contributed by atoms with van der Waals surface area (Å²) in [6.07, 6.45) is 4.89. The Balaban J connectivity index is 2.07. The van der Waals surface area contributed by atoms with Crippen LogP contribution >= 0.6 is 0 Å². The van der Waals surface area contributed by atoms with E-state index in [1.165, 1.54) is 23.9 Å². The summed E-state index contributed by atoms with van der Waals surface area (Å²) in [6.45, 7) is 11.2. The van der Waals surface area contributed by atoms with E-state index in [1.54, 1.807) is 0 Å². The van der Waals surface area contributed by atoms with Crippen molar-refractivity contribution in [2.45, 2.75) is 65.7 Å². The maximum Gasteiger partial charge on any atom is 0.182 e. The third-order valence-corrected chi connectivity index (χ3v) is 5.70. The number of aromatic hydroxyl groups is 1. The maximum atomic E-state index is 10.6. The van der Waals surface area contributed by atoms with E-state index in [0.29, 0.717) is 23.5 Å². The van der Waals surface area contributed by atoms with Gasteiger partial charge in [-0.2, -0.15) is 0 Å². The molecule has 2 aromatic carbocycles. The minimum Gasteiger partial charge on any atom is -0.507 e. The highest BCUT2D eigenvalue weighted by Gasteiger charge is 2.17. The van der Waals surface area contributed by atoms with Crippen LogP contribution < -0.4 is 0 Å². The molecule has 0 aliphatic rings. The van der Waals surface area contributed by atoms with Crippen molar-refractivity contribution in [1.29, 1.82) is 0 Å². The number of phenols is 1. The van der Waals surface area contributed by atoms with E-state index in [2.05, 4.69) is 57.8 Å². The van der Waals surface area contributed by atoms with E-state index in [0.717, 1.165) is 35.1 Å². The van der Waals surface area contributed by atoms with Crippen molar-refractivity contribution in [2.75, 3.05) is 0 Å². The first-order valence-electron chi connectivity index (χ1n) is 10.1. The molecule has 3 heteroatoms. The molecule has 0 aliphatic heterocycles. The fourth-order valence-corrected chi connectivity index (χ4v) is 3.54. The van der Waals surface area contributed by atoms with Gasteiger partial charge in [0.2, 0.25) is 0 Å². The molecule has 0 bridgehead atoms. The predicted octanol–water partition coefficient (Wildman–Crippen LogP) is 7.25. The summed E-state index contributed by atoms with van der Waals surface area (Å²) in [7, 11) is 0. The van der Waals surface area contributed by atoms with Crippen molar-refractivity contribution < 1.29 is 9.52 Å². The van der Waals surface area contributed by atoms with Gasteiger partial charge in [-0.25, -0.2) is 4.98 Å². The Bertz CT molecular complexity index is 910. The average molecular weight is 366 g/mol. The van der Waals surface area contributed by atoms with Crippen molar-refractivity contribution in [1.82, 2.24) is 4.98 Å². The molecule has 2 unspecified atom stereocenters. The number of nitrogens with zero attached hydrogens (tertiary/aromatic N) is 1. The van der Waals surface area contributed by atoms with Gasteiger partial charge in [0.05, 0.1) is 0 Å². The van der Waals surface area contributed by atoms with Crippen molar-refractivity contribution >= 4 is 11.1 Å². The Morgan fingerprint density at radius 3 is 2.37 bits per heavy atom. The summed E-state index contributed by atoms with van der Waals surface area (Å²) in [6, 6.07) is 10.2. The van der Waals surface area contributed by atoms with Crippen molar-refractivity contribution in [3.63, 3.8) is 0 Å². The van der Waals surface area contributed by atoms with Gasteiger partial charge in [0.1, 0.15) is 11.3 Å². The SMILES string of the molecule is CCC(C)c1cc(-c2cc(C(C)CCC(C)C)ccc2O)c2ncoc2c1. The third kappa shape index (κ3) is 4.18. The Labute approximate surface area is 162 Å². The number of rotatable bonds is 7. The predicted molar refractivity (Wildman–Crippen MR) is 112 cm³/mol. The molecule has 1 heterocycles. The van der Waals surface area contributed by atoms with Gasteiger partial charge >= 0.3 is 0 Å². The number of phenolic OH excluding ortho intramolecular Hbond substituents is 1. The smallest absolute Gasteiger partial charge is 0.182 e. The largest absolute Gasteiger partial charge is 0.507 e. The second-order valence-corrected chi connectivity index (χ2v) is 8.23. The lowest BCUT2D eigenvalue weighted by molar-refractivity contribution is 0.476. The van der Waals surface area contributed by atoms with E-state index < -0.39 is 0 Å². The molecule has 0 saturated heterocycles. The number of fused-ring (bicyclic) bond motifs is 1. The van der Waals surface area contributed by atoms with Gasteiger partial charge in [-0.15, -0.1) is 0 Å². The topological polar surface area (TPSA) is 46.3 Å². The van der Waals surface area contributed by atoms with Crippen molar-refractivity contribution in [2.24, 2.45) is 5.92 Å². The zero-order chi connectivity index (χ0) is 19.6. The zero-order valence-corrected chi connectivity index (χ0v) is 17.1. The first-order valence-corrected chi connectivity index (χ1v) is 10.1. The number of oxazole rings is 1. The van der Waals surface area contributed by atoms with Crippen LogP contribution in [0.1, 0.15) is 76.8 Å². The maximum absolute atomic E-state index is 10.6. The minimum atomic E-state index is 0.292. The molecule has 0 aliphatic carbocycles. The van der Waals surface area contributed by atoms with Crippen LogP contribution in [0.5, 0.6) is 5.75 Å². The quantitative estimate of drug-likeness (QED) is 0.479. The fourth-order valence-electron chi connectivity index (χ4n) is 3.54. The van der Waals surface area contributed by atoms with Gasteiger partial charge in [0.15, 0.2) is 12.0 Å². The lowest BCUT2D eigenvalue weighted by atomic mass is 9.89. The highest BCUT2D eigenvalue weighted by atomic mass is 16.3. The minimum absolute atomic E-state index is 0.292. The molecule has 0 amide bonds. The summed E-state index contributed by atoms with van der Waals surface area (Å²) in [5.74, 6) is 1.87. The standard InChI is InChI=1S/C24H31NO2/c1-6-16(4)19-12-21(24-23(13-19)27-14-25-24)20-11-18(9-10-22(20)26)17(5)8-7-15(2)3/h9-17,26H,6-8H2,1-5H3. The van der Waals surface area contributed by atoms with Crippen LogP contribution in [0.2, 0.25) is 0 Å². The molecule has 0 fully saturated rings. The molecule has 144 valence electrons. The number of hydrogen-bond donors (Lipinski definition) is 1. The first-order chi connectivity index (χ1) is 12.9. The second-order valence-electron chi connectivity index (χ2n) is 8.23. The van der Waals surface area contributed by atoms with Crippen molar-refractivity contribution in [3.8, 4) is 16.9 Å². The van der Waals surface area contributed by atoms with Crippen LogP contribution in [0.15, 0.2) is 41.1 Å². The van der Waals surface area contributed by atoms with Gasteiger partial charge < -0.3 is 9.52 Å². The van der Waals surface area contributed by atoms with Crippen LogP contribution in [0.25, 0.3) is 22.2 Å². The Hall–Kier alpha value is -2.29. The molecule has 0 saturated carbocycles. The van der Waals surface area contributed by atoms with Gasteiger partial charge in [-0.1, -0.05) is 47.1 Å². The van der Waals surface area contributed by atoms with Gasteiger partial charge in [0.25, 0.3) is 0 Å². The third-order valence-electron chi connectivity index (χ3n) is 5.70. The first kappa shape index (κ1) is 19.5. The highest BCUT2D eigenvalue weighted by molar-refractivity contribution is 5.93. The Kier molecular flexibility index (Phi) is 5.88. The molecular formula is C24H31NO2. The molecule has 0 spiro atoms. The normalized spacial score (nSPS) is 14.0. The zero-order valence-electron chi connectivity index (χ0n) is 17.1. The lowest BCUT2D eigenvalue weighted by Crippen LogP contribution is -1.98. The van der Waals surface area contributed by atoms with Gasteiger partial charge in [-0.3, -0.25) is 0 Å². The molecule has 2 atom stereocenters. The van der Waals surface area contributed by atoms with Gasteiger partial charge in [-0.05, 0) is 66.0 Å².